The van der Waals surface area contributed by atoms with Gasteiger partial charge in [-0.25, -0.2) is 17.8 Å². The van der Waals surface area contributed by atoms with Gasteiger partial charge < -0.3 is 0 Å². The molecule has 0 radical (unpaired) electrons. The van der Waals surface area contributed by atoms with Crippen molar-refractivity contribution < 1.29 is 12.8 Å². The van der Waals surface area contributed by atoms with Crippen LogP contribution in [0, 0.1) is 5.82 Å². The molecule has 0 saturated carbocycles. The molecule has 0 aliphatic rings. The van der Waals surface area contributed by atoms with Crippen LogP contribution in [0.5, 0.6) is 0 Å². The molecule has 20 heavy (non-hydrogen) atoms. The molecule has 2 aromatic rings. The molecule has 1 aromatic heterocycles. The van der Waals surface area contributed by atoms with E-state index in [4.69, 9.17) is 0 Å². The third kappa shape index (κ3) is 3.23. The van der Waals surface area contributed by atoms with Crippen molar-refractivity contribution in [1.29, 1.82) is 0 Å². The largest absolute Gasteiger partial charge is 0.263 e. The van der Waals surface area contributed by atoms with Gasteiger partial charge >= 0.3 is 0 Å². The first-order valence-corrected chi connectivity index (χ1v) is 7.96. The van der Waals surface area contributed by atoms with Crippen LogP contribution in [0.2, 0.25) is 0 Å². The minimum Gasteiger partial charge on any atom is -0.241 e. The molecule has 1 heterocycles. The fraction of sp³-hybridized carbons (Fsp3) is 0.154. The van der Waals surface area contributed by atoms with Gasteiger partial charge in [-0.1, -0.05) is 28.1 Å². The fourth-order valence-corrected chi connectivity index (χ4v) is 3.03. The monoisotopic (exact) mass is 358 g/mol. The highest BCUT2D eigenvalue weighted by atomic mass is 79.9. The van der Waals surface area contributed by atoms with Gasteiger partial charge in [0.15, 0.2) is 5.82 Å². The summed E-state index contributed by atoms with van der Waals surface area (Å²) in [6.07, 6.45) is 1.25. The quantitative estimate of drug-likeness (QED) is 0.844. The van der Waals surface area contributed by atoms with Crippen LogP contribution in [0.4, 0.5) is 4.39 Å². The van der Waals surface area contributed by atoms with Crippen molar-refractivity contribution in [1.82, 2.24) is 9.29 Å². The zero-order valence-electron chi connectivity index (χ0n) is 10.6. The maximum Gasteiger partial charge on any atom is 0.263 e. The summed E-state index contributed by atoms with van der Waals surface area (Å²) in [6, 6.07) is 9.65. The molecule has 1 aromatic carbocycles. The van der Waals surface area contributed by atoms with E-state index in [0.717, 1.165) is 20.4 Å². The molecule has 7 heteroatoms. The van der Waals surface area contributed by atoms with Crippen molar-refractivity contribution in [3.63, 3.8) is 0 Å². The lowest BCUT2D eigenvalue weighted by Crippen LogP contribution is -2.28. The van der Waals surface area contributed by atoms with E-state index in [2.05, 4.69) is 20.9 Å². The van der Waals surface area contributed by atoms with Gasteiger partial charge in [0.2, 0.25) is 5.03 Å². The van der Waals surface area contributed by atoms with Crippen LogP contribution in [0.3, 0.4) is 0 Å². The summed E-state index contributed by atoms with van der Waals surface area (Å²) in [4.78, 5) is 3.61. The van der Waals surface area contributed by atoms with Crippen molar-refractivity contribution in [2.75, 3.05) is 7.05 Å². The van der Waals surface area contributed by atoms with E-state index in [1.165, 1.54) is 19.3 Å². The zero-order chi connectivity index (χ0) is 14.8. The number of rotatable bonds is 4. The van der Waals surface area contributed by atoms with E-state index in [-0.39, 0.29) is 6.54 Å². The van der Waals surface area contributed by atoms with Crippen LogP contribution in [0.15, 0.2) is 52.1 Å². The topological polar surface area (TPSA) is 50.3 Å². The standard InChI is InChI=1S/C13H12BrFN2O2S/c1-17(9-10-4-6-11(14)7-5-10)20(18,19)13-12(15)3-2-8-16-13/h2-8H,9H2,1H3. The predicted octanol–water partition coefficient (Wildman–Crippen LogP) is 2.80. The van der Waals surface area contributed by atoms with Gasteiger partial charge in [-0.2, -0.15) is 4.31 Å². The Labute approximate surface area is 125 Å². The van der Waals surface area contributed by atoms with Crippen LogP contribution < -0.4 is 0 Å². The van der Waals surface area contributed by atoms with Crippen molar-refractivity contribution in [3.05, 3.63) is 58.4 Å². The second-order valence-electron chi connectivity index (χ2n) is 4.18. The number of pyridine rings is 1. The first-order chi connectivity index (χ1) is 9.41. The highest BCUT2D eigenvalue weighted by molar-refractivity contribution is 9.10. The van der Waals surface area contributed by atoms with Crippen LogP contribution in [-0.2, 0) is 16.6 Å². The van der Waals surface area contributed by atoms with Crippen LogP contribution >= 0.6 is 15.9 Å². The third-order valence-electron chi connectivity index (χ3n) is 2.70. The summed E-state index contributed by atoms with van der Waals surface area (Å²) in [5, 5.41) is -0.556. The molecular weight excluding hydrogens is 347 g/mol. The van der Waals surface area contributed by atoms with Crippen LogP contribution in [0.25, 0.3) is 0 Å². The average Bonchev–Trinajstić information content (AvgIpc) is 2.41. The Balaban J connectivity index is 2.26. The number of benzene rings is 1. The number of hydrogen-bond acceptors (Lipinski definition) is 3. The van der Waals surface area contributed by atoms with Crippen LogP contribution in [-0.4, -0.2) is 24.8 Å². The summed E-state index contributed by atoms with van der Waals surface area (Å²) in [7, 11) is -2.55. The minimum atomic E-state index is -3.94. The van der Waals surface area contributed by atoms with Gasteiger partial charge in [0.25, 0.3) is 10.0 Å². The van der Waals surface area contributed by atoms with Gasteiger partial charge in [-0.05, 0) is 29.8 Å². The van der Waals surface area contributed by atoms with Crippen molar-refractivity contribution >= 4 is 26.0 Å². The Morgan fingerprint density at radius 3 is 2.50 bits per heavy atom. The van der Waals surface area contributed by atoms with E-state index in [0.29, 0.717) is 0 Å². The van der Waals surface area contributed by atoms with E-state index < -0.39 is 20.9 Å². The number of nitrogens with zero attached hydrogens (tertiary/aromatic N) is 2. The van der Waals surface area contributed by atoms with Gasteiger partial charge in [-0.3, -0.25) is 0 Å². The fourth-order valence-electron chi connectivity index (χ4n) is 1.64. The van der Waals surface area contributed by atoms with Crippen molar-refractivity contribution in [2.24, 2.45) is 0 Å². The molecular formula is C13H12BrFN2O2S. The lowest BCUT2D eigenvalue weighted by atomic mass is 10.2. The Bertz CT molecular complexity index is 705. The lowest BCUT2D eigenvalue weighted by Gasteiger charge is -2.16. The molecule has 0 bridgehead atoms. The summed E-state index contributed by atoms with van der Waals surface area (Å²) >= 11 is 3.31. The first kappa shape index (κ1) is 15.1. The van der Waals surface area contributed by atoms with Gasteiger partial charge in [0.1, 0.15) is 0 Å². The number of aromatic nitrogens is 1. The molecule has 2 rings (SSSR count). The molecule has 4 nitrogen and oxygen atoms in total. The van der Waals surface area contributed by atoms with Gasteiger partial charge in [0.05, 0.1) is 0 Å². The van der Waals surface area contributed by atoms with Crippen molar-refractivity contribution in [2.45, 2.75) is 11.6 Å². The molecule has 0 aliphatic heterocycles. The predicted molar refractivity (Wildman–Crippen MR) is 77.0 cm³/mol. The number of hydrogen-bond donors (Lipinski definition) is 0. The average molecular weight is 359 g/mol. The molecule has 0 unspecified atom stereocenters. The summed E-state index contributed by atoms with van der Waals surface area (Å²) in [5.74, 6) is -0.852. The number of sulfonamides is 1. The zero-order valence-corrected chi connectivity index (χ0v) is 13.0. The Kier molecular flexibility index (Phi) is 4.52. The maximum absolute atomic E-state index is 13.6. The lowest BCUT2D eigenvalue weighted by molar-refractivity contribution is 0.454. The Morgan fingerprint density at radius 1 is 1.25 bits per heavy atom. The minimum absolute atomic E-state index is 0.144. The smallest absolute Gasteiger partial charge is 0.241 e. The molecule has 106 valence electrons. The SMILES string of the molecule is CN(Cc1ccc(Br)cc1)S(=O)(=O)c1ncccc1F. The molecule has 0 atom stereocenters. The van der Waals surface area contributed by atoms with Crippen LogP contribution in [0.1, 0.15) is 5.56 Å². The van der Waals surface area contributed by atoms with E-state index in [9.17, 15) is 12.8 Å². The molecule has 0 saturated heterocycles. The van der Waals surface area contributed by atoms with E-state index in [1.54, 1.807) is 12.1 Å². The maximum atomic E-state index is 13.6. The second kappa shape index (κ2) is 5.99. The molecule has 0 amide bonds. The summed E-state index contributed by atoms with van der Waals surface area (Å²) < 4.78 is 40.0. The Hall–Kier alpha value is -1.31. The molecule has 0 spiro atoms. The highest BCUT2D eigenvalue weighted by Crippen LogP contribution is 2.18. The Morgan fingerprint density at radius 2 is 1.90 bits per heavy atom. The third-order valence-corrected chi connectivity index (χ3v) is 4.97. The summed E-state index contributed by atoms with van der Waals surface area (Å²) in [5.41, 5.74) is 0.801. The molecule has 0 fully saturated rings. The first-order valence-electron chi connectivity index (χ1n) is 5.72. The highest BCUT2D eigenvalue weighted by Gasteiger charge is 2.25. The molecule has 0 aliphatic carbocycles. The van der Waals surface area contributed by atoms with Gasteiger partial charge in [-0.15, -0.1) is 0 Å². The second-order valence-corrected chi connectivity index (χ2v) is 7.05. The normalized spacial score (nSPS) is 11.8. The summed E-state index contributed by atoms with van der Waals surface area (Å²) in [6.45, 7) is 0.144. The van der Waals surface area contributed by atoms with Gasteiger partial charge in [0, 0.05) is 24.3 Å². The molecule has 0 N–H and O–H groups in total. The van der Waals surface area contributed by atoms with Crippen molar-refractivity contribution in [3.8, 4) is 0 Å². The van der Waals surface area contributed by atoms with E-state index >= 15 is 0 Å². The number of halogens is 2. The van der Waals surface area contributed by atoms with E-state index in [1.807, 2.05) is 12.1 Å².